The van der Waals surface area contributed by atoms with E-state index in [0.717, 1.165) is 0 Å². The summed E-state index contributed by atoms with van der Waals surface area (Å²) in [6, 6.07) is 0. The summed E-state index contributed by atoms with van der Waals surface area (Å²) in [6.45, 7) is 9.33. The molecule has 2 aliphatic heterocycles. The van der Waals surface area contributed by atoms with E-state index in [4.69, 9.17) is 14.2 Å². The summed E-state index contributed by atoms with van der Waals surface area (Å²) in [6.07, 6.45) is 0.904. The van der Waals surface area contributed by atoms with Gasteiger partial charge < -0.3 is 24.0 Å². The quantitative estimate of drug-likeness (QED) is 0.775. The van der Waals surface area contributed by atoms with Gasteiger partial charge in [0.1, 0.15) is 5.60 Å². The highest BCUT2D eigenvalue weighted by Crippen LogP contribution is 2.37. The van der Waals surface area contributed by atoms with Gasteiger partial charge in [0.15, 0.2) is 0 Å². The number of methoxy groups -OCH3 is 1. The van der Waals surface area contributed by atoms with E-state index in [0.29, 0.717) is 58.8 Å². The van der Waals surface area contributed by atoms with E-state index < -0.39 is 11.0 Å². The van der Waals surface area contributed by atoms with E-state index >= 15 is 0 Å². The average Bonchev–Trinajstić information content (AvgIpc) is 2.97. The summed E-state index contributed by atoms with van der Waals surface area (Å²) in [5.41, 5.74) is -1.12. The normalized spacial score (nSPS) is 25.0. The van der Waals surface area contributed by atoms with Gasteiger partial charge in [-0.25, -0.2) is 4.79 Å². The fourth-order valence-corrected chi connectivity index (χ4v) is 3.24. The molecular formula is C17H30N2O5. The molecule has 2 heterocycles. The lowest BCUT2D eigenvalue weighted by Gasteiger charge is -2.36. The van der Waals surface area contributed by atoms with Crippen molar-refractivity contribution in [2.24, 2.45) is 5.41 Å². The first-order chi connectivity index (χ1) is 11.3. The average molecular weight is 342 g/mol. The van der Waals surface area contributed by atoms with Crippen molar-refractivity contribution >= 4 is 12.0 Å². The number of carbonyl (C=O) groups excluding carboxylic acids is 2. The lowest BCUT2D eigenvalue weighted by Crippen LogP contribution is -2.50. The van der Waals surface area contributed by atoms with E-state index in [1.54, 1.807) is 12.0 Å². The highest BCUT2D eigenvalue weighted by molar-refractivity contribution is 5.84. The Morgan fingerprint density at radius 1 is 1.12 bits per heavy atom. The number of rotatable bonds is 4. The van der Waals surface area contributed by atoms with Crippen LogP contribution in [0.4, 0.5) is 4.79 Å². The minimum Gasteiger partial charge on any atom is -0.444 e. The van der Waals surface area contributed by atoms with Crippen molar-refractivity contribution in [2.75, 3.05) is 53.1 Å². The lowest BCUT2D eigenvalue weighted by molar-refractivity contribution is -0.146. The van der Waals surface area contributed by atoms with Gasteiger partial charge in [-0.05, 0) is 33.6 Å². The fraction of sp³-hybridized carbons (Fsp3) is 0.882. The van der Waals surface area contributed by atoms with Crippen molar-refractivity contribution in [1.82, 2.24) is 9.80 Å². The second kappa shape index (κ2) is 7.70. The maximum Gasteiger partial charge on any atom is 0.410 e. The molecule has 24 heavy (non-hydrogen) atoms. The number of morpholine rings is 1. The molecule has 2 saturated heterocycles. The summed E-state index contributed by atoms with van der Waals surface area (Å²) in [7, 11) is 1.63. The molecule has 7 nitrogen and oxygen atoms in total. The van der Waals surface area contributed by atoms with Crippen molar-refractivity contribution in [3.05, 3.63) is 0 Å². The molecule has 1 unspecified atom stereocenters. The van der Waals surface area contributed by atoms with Crippen LogP contribution in [0.3, 0.4) is 0 Å². The van der Waals surface area contributed by atoms with E-state index in [-0.39, 0.29) is 12.0 Å². The molecule has 0 saturated carbocycles. The molecule has 0 aromatic heterocycles. The molecule has 0 aromatic carbocycles. The molecular weight excluding hydrogens is 312 g/mol. The molecule has 0 bridgehead atoms. The molecule has 138 valence electrons. The van der Waals surface area contributed by atoms with Gasteiger partial charge in [-0.3, -0.25) is 4.79 Å². The van der Waals surface area contributed by atoms with Gasteiger partial charge in [0.05, 0.1) is 18.6 Å². The third-order valence-electron chi connectivity index (χ3n) is 4.54. The number of ether oxygens (including phenoxy) is 3. The maximum absolute atomic E-state index is 13.1. The van der Waals surface area contributed by atoms with Crippen molar-refractivity contribution in [3.63, 3.8) is 0 Å². The zero-order chi connectivity index (χ0) is 17.8. The van der Waals surface area contributed by atoms with E-state index in [1.807, 2.05) is 25.7 Å². The van der Waals surface area contributed by atoms with Crippen LogP contribution in [0.5, 0.6) is 0 Å². The second-order valence-corrected chi connectivity index (χ2v) is 7.58. The summed E-state index contributed by atoms with van der Waals surface area (Å²) >= 11 is 0. The smallest absolute Gasteiger partial charge is 0.410 e. The zero-order valence-electron chi connectivity index (χ0n) is 15.3. The first kappa shape index (κ1) is 19.0. The van der Waals surface area contributed by atoms with Crippen molar-refractivity contribution < 1.29 is 23.8 Å². The molecule has 0 N–H and O–H groups in total. The molecule has 2 rings (SSSR count). The Bertz CT molecular complexity index is 456. The van der Waals surface area contributed by atoms with Crippen LogP contribution in [-0.2, 0) is 19.0 Å². The predicted octanol–water partition coefficient (Wildman–Crippen LogP) is 1.51. The highest BCUT2D eigenvalue weighted by Gasteiger charge is 2.48. The molecule has 0 aliphatic carbocycles. The number of nitrogens with zero attached hydrogens (tertiary/aromatic N) is 2. The molecule has 0 radical (unpaired) electrons. The maximum atomic E-state index is 13.1. The van der Waals surface area contributed by atoms with Gasteiger partial charge in [-0.2, -0.15) is 0 Å². The minimum absolute atomic E-state index is 0.105. The third-order valence-corrected chi connectivity index (χ3v) is 4.54. The van der Waals surface area contributed by atoms with Crippen LogP contribution in [0.1, 0.15) is 33.6 Å². The standard InChI is InChI=1S/C17H30N2O5/c1-16(2,3)24-15(21)19-7-5-17(13-19,6-10-22-4)14(20)18-8-11-23-12-9-18/h5-13H2,1-4H3. The van der Waals surface area contributed by atoms with Crippen LogP contribution < -0.4 is 0 Å². The zero-order valence-corrected chi connectivity index (χ0v) is 15.3. The van der Waals surface area contributed by atoms with Crippen molar-refractivity contribution in [2.45, 2.75) is 39.2 Å². The highest BCUT2D eigenvalue weighted by atomic mass is 16.6. The Morgan fingerprint density at radius 2 is 1.79 bits per heavy atom. The Kier molecular flexibility index (Phi) is 6.09. The molecule has 1 atom stereocenters. The largest absolute Gasteiger partial charge is 0.444 e. The Hall–Kier alpha value is -1.34. The Labute approximate surface area is 144 Å². The van der Waals surface area contributed by atoms with Crippen LogP contribution in [0, 0.1) is 5.41 Å². The first-order valence-electron chi connectivity index (χ1n) is 8.61. The van der Waals surface area contributed by atoms with E-state index in [2.05, 4.69) is 0 Å². The molecule has 2 aliphatic rings. The monoisotopic (exact) mass is 342 g/mol. The fourth-order valence-electron chi connectivity index (χ4n) is 3.24. The Balaban J connectivity index is 2.08. The van der Waals surface area contributed by atoms with E-state index in [9.17, 15) is 9.59 Å². The molecule has 2 fully saturated rings. The molecule has 0 aromatic rings. The van der Waals surface area contributed by atoms with Crippen molar-refractivity contribution in [1.29, 1.82) is 0 Å². The van der Waals surface area contributed by atoms with Crippen LogP contribution in [-0.4, -0.2) is 80.5 Å². The van der Waals surface area contributed by atoms with Crippen molar-refractivity contribution in [3.8, 4) is 0 Å². The first-order valence-corrected chi connectivity index (χ1v) is 8.61. The van der Waals surface area contributed by atoms with Crippen LogP contribution in [0.25, 0.3) is 0 Å². The number of hydrogen-bond acceptors (Lipinski definition) is 5. The van der Waals surface area contributed by atoms with Gasteiger partial charge in [0, 0.05) is 39.9 Å². The summed E-state index contributed by atoms with van der Waals surface area (Å²) in [5, 5.41) is 0. The summed E-state index contributed by atoms with van der Waals surface area (Å²) in [4.78, 5) is 29.0. The minimum atomic E-state index is -0.579. The van der Waals surface area contributed by atoms with Crippen LogP contribution in [0.2, 0.25) is 0 Å². The summed E-state index contributed by atoms with van der Waals surface area (Å²) in [5.74, 6) is 0.105. The van der Waals surface area contributed by atoms with Gasteiger partial charge in [0.25, 0.3) is 0 Å². The molecule has 7 heteroatoms. The number of amides is 2. The SMILES string of the molecule is COCCC1(C(=O)N2CCOCC2)CCN(C(=O)OC(C)(C)C)C1. The van der Waals surface area contributed by atoms with Gasteiger partial charge in [-0.1, -0.05) is 0 Å². The van der Waals surface area contributed by atoms with Crippen LogP contribution in [0.15, 0.2) is 0 Å². The number of hydrogen-bond donors (Lipinski definition) is 0. The van der Waals surface area contributed by atoms with Crippen LogP contribution >= 0.6 is 0 Å². The third kappa shape index (κ3) is 4.60. The van der Waals surface area contributed by atoms with Gasteiger partial charge >= 0.3 is 6.09 Å². The lowest BCUT2D eigenvalue weighted by atomic mass is 9.82. The number of carbonyl (C=O) groups is 2. The number of likely N-dealkylation sites (tertiary alicyclic amines) is 1. The van der Waals surface area contributed by atoms with E-state index in [1.165, 1.54) is 0 Å². The predicted molar refractivity (Wildman–Crippen MR) is 88.7 cm³/mol. The topological polar surface area (TPSA) is 68.3 Å². The summed E-state index contributed by atoms with van der Waals surface area (Å²) < 4.78 is 16.0. The molecule has 0 spiro atoms. The second-order valence-electron chi connectivity index (χ2n) is 7.58. The molecule has 2 amide bonds. The van der Waals surface area contributed by atoms with Gasteiger partial charge in [-0.15, -0.1) is 0 Å². The van der Waals surface area contributed by atoms with Gasteiger partial charge in [0.2, 0.25) is 5.91 Å². The Morgan fingerprint density at radius 3 is 2.38 bits per heavy atom.